The minimum atomic E-state index is -0.919. The molecule has 0 bridgehead atoms. The third kappa shape index (κ3) is 5.74. The van der Waals surface area contributed by atoms with Crippen molar-refractivity contribution >= 4 is 39.6 Å². The van der Waals surface area contributed by atoms with Crippen LogP contribution in [0.5, 0.6) is 5.75 Å². The molecule has 0 aliphatic rings. The van der Waals surface area contributed by atoms with Gasteiger partial charge in [0, 0.05) is 21.8 Å². The van der Waals surface area contributed by atoms with Gasteiger partial charge in [-0.1, -0.05) is 33.6 Å². The molecule has 0 fully saturated rings. The van der Waals surface area contributed by atoms with Crippen molar-refractivity contribution in [1.29, 1.82) is 0 Å². The van der Waals surface area contributed by atoms with Gasteiger partial charge in [-0.2, -0.15) is 0 Å². The zero-order valence-corrected chi connectivity index (χ0v) is 16.4. The number of benzene rings is 2. The van der Waals surface area contributed by atoms with E-state index in [2.05, 4.69) is 21.2 Å². The second-order valence-electron chi connectivity index (χ2n) is 5.65. The van der Waals surface area contributed by atoms with E-state index in [9.17, 15) is 9.59 Å². The molecule has 1 N–H and O–H groups in total. The Kier molecular flexibility index (Phi) is 6.97. The number of carbonyl (C=O) groups is 2. The summed E-state index contributed by atoms with van der Waals surface area (Å²) >= 11 is 3.37. The molecule has 0 unspecified atom stereocenters. The summed E-state index contributed by atoms with van der Waals surface area (Å²) in [5.74, 6) is -0.378. The summed E-state index contributed by atoms with van der Waals surface area (Å²) in [7, 11) is 1.55. The van der Waals surface area contributed by atoms with Crippen LogP contribution in [0.15, 0.2) is 53.0 Å². The molecule has 136 valence electrons. The number of halogens is 1. The second-order valence-corrected chi connectivity index (χ2v) is 6.57. The SMILES string of the molecule is COc1ccc(Br)cc1/C=C/C(=O)O[C@@H](C)C(=O)Nc1ccc(C)cc1. The number of aryl methyl sites for hydroxylation is 1. The molecular weight excluding hydrogens is 398 g/mol. The summed E-state index contributed by atoms with van der Waals surface area (Å²) in [6.45, 7) is 3.48. The molecule has 1 atom stereocenters. The Hall–Kier alpha value is -2.60. The molecule has 0 aliphatic carbocycles. The number of hydrogen-bond acceptors (Lipinski definition) is 4. The predicted octanol–water partition coefficient (Wildman–Crippen LogP) is 4.35. The number of rotatable bonds is 6. The van der Waals surface area contributed by atoms with E-state index in [1.165, 1.54) is 13.0 Å². The highest BCUT2D eigenvalue weighted by Crippen LogP contribution is 2.24. The molecule has 2 rings (SSSR count). The number of esters is 1. The van der Waals surface area contributed by atoms with E-state index >= 15 is 0 Å². The first-order chi connectivity index (χ1) is 12.4. The molecule has 0 saturated carbocycles. The van der Waals surface area contributed by atoms with E-state index in [1.807, 2.05) is 31.2 Å². The molecule has 0 radical (unpaired) electrons. The minimum Gasteiger partial charge on any atom is -0.496 e. The van der Waals surface area contributed by atoms with Gasteiger partial charge in [0.15, 0.2) is 6.10 Å². The molecule has 6 heteroatoms. The van der Waals surface area contributed by atoms with E-state index in [1.54, 1.807) is 31.4 Å². The molecule has 0 aliphatic heterocycles. The Morgan fingerprint density at radius 3 is 2.50 bits per heavy atom. The van der Waals surface area contributed by atoms with Crippen LogP contribution in [0.2, 0.25) is 0 Å². The Labute approximate surface area is 161 Å². The van der Waals surface area contributed by atoms with E-state index in [0.717, 1.165) is 15.6 Å². The Balaban J connectivity index is 1.95. The number of ether oxygens (including phenoxy) is 2. The average Bonchev–Trinajstić information content (AvgIpc) is 2.62. The van der Waals surface area contributed by atoms with Gasteiger partial charge in [-0.25, -0.2) is 4.79 Å². The Morgan fingerprint density at radius 2 is 1.85 bits per heavy atom. The summed E-state index contributed by atoms with van der Waals surface area (Å²) in [6, 6.07) is 12.8. The number of anilines is 1. The van der Waals surface area contributed by atoms with Crippen molar-refractivity contribution in [1.82, 2.24) is 0 Å². The fourth-order valence-corrected chi connectivity index (χ4v) is 2.52. The van der Waals surface area contributed by atoms with E-state index < -0.39 is 18.0 Å². The van der Waals surface area contributed by atoms with Crippen LogP contribution in [-0.4, -0.2) is 25.1 Å². The quantitative estimate of drug-likeness (QED) is 0.560. The number of carbonyl (C=O) groups excluding carboxylic acids is 2. The summed E-state index contributed by atoms with van der Waals surface area (Å²) in [4.78, 5) is 24.1. The van der Waals surface area contributed by atoms with Crippen molar-refractivity contribution in [2.75, 3.05) is 12.4 Å². The maximum Gasteiger partial charge on any atom is 0.331 e. The number of hydrogen-bond donors (Lipinski definition) is 1. The van der Waals surface area contributed by atoms with E-state index in [-0.39, 0.29) is 0 Å². The standard InChI is InChI=1S/C20H20BrNO4/c1-13-4-8-17(9-5-13)22-20(24)14(2)26-19(23)11-6-15-12-16(21)7-10-18(15)25-3/h4-12,14H,1-3H3,(H,22,24)/b11-6+/t14-/m0/s1. The smallest absolute Gasteiger partial charge is 0.331 e. The highest BCUT2D eigenvalue weighted by Gasteiger charge is 2.16. The summed E-state index contributed by atoms with van der Waals surface area (Å²) in [6.07, 6.45) is 1.93. The molecular formula is C20H20BrNO4. The van der Waals surface area contributed by atoms with Crippen LogP contribution in [0.25, 0.3) is 6.08 Å². The fourth-order valence-electron chi connectivity index (χ4n) is 2.14. The van der Waals surface area contributed by atoms with E-state index in [0.29, 0.717) is 11.4 Å². The lowest BCUT2D eigenvalue weighted by molar-refractivity contribution is -0.148. The lowest BCUT2D eigenvalue weighted by atomic mass is 10.2. The van der Waals surface area contributed by atoms with Crippen molar-refractivity contribution in [2.24, 2.45) is 0 Å². The van der Waals surface area contributed by atoms with Crippen molar-refractivity contribution in [2.45, 2.75) is 20.0 Å². The van der Waals surface area contributed by atoms with E-state index in [4.69, 9.17) is 9.47 Å². The molecule has 0 heterocycles. The first-order valence-electron chi connectivity index (χ1n) is 7.99. The maximum absolute atomic E-state index is 12.1. The lowest BCUT2D eigenvalue weighted by Crippen LogP contribution is -2.29. The van der Waals surface area contributed by atoms with Crippen LogP contribution in [0, 0.1) is 6.92 Å². The number of methoxy groups -OCH3 is 1. The van der Waals surface area contributed by atoms with Gasteiger partial charge in [-0.05, 0) is 50.3 Å². The molecule has 5 nitrogen and oxygen atoms in total. The summed E-state index contributed by atoms with van der Waals surface area (Å²) in [5.41, 5.74) is 2.46. The normalized spacial score (nSPS) is 11.8. The highest BCUT2D eigenvalue weighted by molar-refractivity contribution is 9.10. The zero-order chi connectivity index (χ0) is 19.1. The third-order valence-electron chi connectivity index (χ3n) is 3.57. The first-order valence-corrected chi connectivity index (χ1v) is 8.78. The first kappa shape index (κ1) is 19.7. The van der Waals surface area contributed by atoms with Gasteiger partial charge in [-0.15, -0.1) is 0 Å². The lowest BCUT2D eigenvalue weighted by Gasteiger charge is -2.12. The average molecular weight is 418 g/mol. The monoisotopic (exact) mass is 417 g/mol. The molecule has 2 aromatic carbocycles. The number of amides is 1. The van der Waals surface area contributed by atoms with Crippen molar-refractivity contribution in [3.8, 4) is 5.75 Å². The molecule has 0 spiro atoms. The van der Waals surface area contributed by atoms with Crippen molar-refractivity contribution in [3.63, 3.8) is 0 Å². The van der Waals surface area contributed by atoms with Gasteiger partial charge < -0.3 is 14.8 Å². The summed E-state index contributed by atoms with van der Waals surface area (Å²) < 4.78 is 11.2. The van der Waals surface area contributed by atoms with Crippen LogP contribution in [0.1, 0.15) is 18.1 Å². The topological polar surface area (TPSA) is 64.6 Å². The molecule has 2 aromatic rings. The van der Waals surface area contributed by atoms with Crippen molar-refractivity contribution < 1.29 is 19.1 Å². The molecule has 0 saturated heterocycles. The minimum absolute atomic E-state index is 0.393. The maximum atomic E-state index is 12.1. The van der Waals surface area contributed by atoms with Gasteiger partial charge in [0.25, 0.3) is 5.91 Å². The zero-order valence-electron chi connectivity index (χ0n) is 14.8. The largest absolute Gasteiger partial charge is 0.496 e. The molecule has 26 heavy (non-hydrogen) atoms. The Bertz CT molecular complexity index is 815. The fraction of sp³-hybridized carbons (Fsp3) is 0.200. The molecule has 1 amide bonds. The van der Waals surface area contributed by atoms with Gasteiger partial charge in [0.1, 0.15) is 5.75 Å². The van der Waals surface area contributed by atoms with Crippen LogP contribution in [0.3, 0.4) is 0 Å². The van der Waals surface area contributed by atoms with Crippen LogP contribution in [-0.2, 0) is 14.3 Å². The van der Waals surface area contributed by atoms with Crippen LogP contribution in [0.4, 0.5) is 5.69 Å². The van der Waals surface area contributed by atoms with Crippen molar-refractivity contribution in [3.05, 3.63) is 64.1 Å². The van der Waals surface area contributed by atoms with Crippen LogP contribution < -0.4 is 10.1 Å². The van der Waals surface area contributed by atoms with Crippen LogP contribution >= 0.6 is 15.9 Å². The molecule has 0 aromatic heterocycles. The van der Waals surface area contributed by atoms with Gasteiger partial charge in [0.05, 0.1) is 7.11 Å². The highest BCUT2D eigenvalue weighted by atomic mass is 79.9. The number of nitrogens with one attached hydrogen (secondary N) is 1. The van der Waals surface area contributed by atoms with Gasteiger partial charge >= 0.3 is 5.97 Å². The predicted molar refractivity (Wildman–Crippen MR) is 105 cm³/mol. The second kappa shape index (κ2) is 9.20. The Morgan fingerprint density at radius 1 is 1.15 bits per heavy atom. The van der Waals surface area contributed by atoms with Gasteiger partial charge in [0.2, 0.25) is 0 Å². The third-order valence-corrected chi connectivity index (χ3v) is 4.07. The summed E-state index contributed by atoms with van der Waals surface area (Å²) in [5, 5.41) is 2.71. The van der Waals surface area contributed by atoms with Gasteiger partial charge in [-0.3, -0.25) is 4.79 Å².